The first-order valence-electron chi connectivity index (χ1n) is 7.77. The van der Waals surface area contributed by atoms with Crippen LogP contribution in [0.4, 0.5) is 10.5 Å². The summed E-state index contributed by atoms with van der Waals surface area (Å²) in [5.74, 6) is -0.312. The predicted molar refractivity (Wildman–Crippen MR) is 104 cm³/mol. The average Bonchev–Trinajstić information content (AvgIpc) is 2.84. The minimum absolute atomic E-state index is 0.134. The van der Waals surface area contributed by atoms with Crippen molar-refractivity contribution in [2.45, 2.75) is 13.8 Å². The number of amides is 2. The van der Waals surface area contributed by atoms with Crippen LogP contribution in [0.25, 0.3) is 6.08 Å². The van der Waals surface area contributed by atoms with Crippen molar-refractivity contribution in [3.05, 3.63) is 69.1 Å². The maximum absolute atomic E-state index is 12.5. The molecule has 0 aromatic heterocycles. The molecule has 1 heterocycles. The number of anilines is 1. The smallest absolute Gasteiger partial charge is 0.295 e. The van der Waals surface area contributed by atoms with Gasteiger partial charge in [0.15, 0.2) is 0 Å². The third-order valence-electron chi connectivity index (χ3n) is 3.89. The van der Waals surface area contributed by atoms with Gasteiger partial charge in [-0.05, 0) is 60.5 Å². The molecular weight excluding hydrogens is 356 g/mol. The largest absolute Gasteiger partial charge is 0.367 e. The molecule has 2 amide bonds. The van der Waals surface area contributed by atoms with Gasteiger partial charge in [0, 0.05) is 10.7 Å². The fraction of sp³-hybridized carbons (Fsp3) is 0.158. The van der Waals surface area contributed by atoms with Crippen LogP contribution in [0.1, 0.15) is 16.7 Å². The lowest BCUT2D eigenvalue weighted by Gasteiger charge is -2.16. The molecule has 0 aliphatic carbocycles. The molecule has 1 N–H and O–H groups in total. The van der Waals surface area contributed by atoms with Crippen molar-refractivity contribution in [2.75, 3.05) is 12.0 Å². The summed E-state index contributed by atoms with van der Waals surface area (Å²) < 4.78 is 0. The Labute approximate surface area is 155 Å². The number of halogens is 1. The Morgan fingerprint density at radius 3 is 2.68 bits per heavy atom. The van der Waals surface area contributed by atoms with E-state index in [1.165, 1.54) is 4.90 Å². The zero-order chi connectivity index (χ0) is 18.0. The molecule has 4 nitrogen and oxygen atoms in total. The lowest BCUT2D eigenvalue weighted by atomic mass is 10.1. The Kier molecular flexibility index (Phi) is 5.16. The van der Waals surface area contributed by atoms with E-state index in [2.05, 4.69) is 5.32 Å². The number of rotatable bonds is 4. The molecule has 1 aliphatic heterocycles. The Bertz CT molecular complexity index is 879. The van der Waals surface area contributed by atoms with Crippen molar-refractivity contribution < 1.29 is 9.59 Å². The highest BCUT2D eigenvalue weighted by Crippen LogP contribution is 2.33. The van der Waals surface area contributed by atoms with Crippen molar-refractivity contribution in [2.24, 2.45) is 0 Å². The van der Waals surface area contributed by atoms with Gasteiger partial charge in [0.25, 0.3) is 11.1 Å². The molecule has 1 aliphatic rings. The van der Waals surface area contributed by atoms with Crippen LogP contribution in [0.3, 0.4) is 0 Å². The number of thioether (sulfide) groups is 1. The summed E-state index contributed by atoms with van der Waals surface area (Å²) in [6, 6.07) is 13.2. The van der Waals surface area contributed by atoms with Gasteiger partial charge in [-0.2, -0.15) is 0 Å². The fourth-order valence-corrected chi connectivity index (χ4v) is 3.48. The highest BCUT2D eigenvalue weighted by Gasteiger charge is 2.34. The Balaban J connectivity index is 1.76. The number of hydrogen-bond donors (Lipinski definition) is 1. The van der Waals surface area contributed by atoms with Crippen LogP contribution < -0.4 is 5.32 Å². The molecule has 0 bridgehead atoms. The number of imide groups is 1. The van der Waals surface area contributed by atoms with Crippen LogP contribution >= 0.6 is 23.4 Å². The summed E-state index contributed by atoms with van der Waals surface area (Å²) in [5.41, 5.74) is 3.80. The summed E-state index contributed by atoms with van der Waals surface area (Å²) in [6.07, 6.45) is 1.66. The van der Waals surface area contributed by atoms with Gasteiger partial charge >= 0.3 is 0 Å². The zero-order valence-electron chi connectivity index (χ0n) is 13.9. The van der Waals surface area contributed by atoms with Crippen molar-refractivity contribution in [1.82, 2.24) is 4.90 Å². The van der Waals surface area contributed by atoms with E-state index < -0.39 is 0 Å². The summed E-state index contributed by atoms with van der Waals surface area (Å²) in [7, 11) is 0. The lowest BCUT2D eigenvalue weighted by molar-refractivity contribution is -0.122. The topological polar surface area (TPSA) is 49.4 Å². The number of hydrogen-bond acceptors (Lipinski definition) is 4. The molecule has 6 heteroatoms. The van der Waals surface area contributed by atoms with Crippen LogP contribution in [-0.2, 0) is 4.79 Å². The van der Waals surface area contributed by atoms with Crippen molar-refractivity contribution in [3.63, 3.8) is 0 Å². The second-order valence-electron chi connectivity index (χ2n) is 5.78. The summed E-state index contributed by atoms with van der Waals surface area (Å²) in [6.45, 7) is 4.11. The number of nitrogens with zero attached hydrogens (tertiary/aromatic N) is 1. The second-order valence-corrected chi connectivity index (χ2v) is 7.18. The van der Waals surface area contributed by atoms with E-state index >= 15 is 0 Å². The number of carbonyl (C=O) groups is 2. The first-order valence-corrected chi connectivity index (χ1v) is 8.96. The third kappa shape index (κ3) is 3.89. The van der Waals surface area contributed by atoms with E-state index in [-0.39, 0.29) is 17.8 Å². The van der Waals surface area contributed by atoms with Crippen LogP contribution in [-0.4, -0.2) is 22.7 Å². The van der Waals surface area contributed by atoms with Crippen LogP contribution in [0.2, 0.25) is 5.02 Å². The van der Waals surface area contributed by atoms with Crippen LogP contribution in [0.15, 0.2) is 47.4 Å². The Morgan fingerprint density at radius 2 is 1.92 bits per heavy atom. The number of nitrogens with one attached hydrogen (secondary N) is 1. The van der Waals surface area contributed by atoms with E-state index in [1.807, 2.05) is 50.2 Å². The fourth-order valence-electron chi connectivity index (χ4n) is 2.46. The van der Waals surface area contributed by atoms with E-state index in [0.29, 0.717) is 9.93 Å². The minimum Gasteiger partial charge on any atom is -0.367 e. The predicted octanol–water partition coefficient (Wildman–Crippen LogP) is 5.06. The van der Waals surface area contributed by atoms with Crippen molar-refractivity contribution >= 4 is 46.3 Å². The summed E-state index contributed by atoms with van der Waals surface area (Å²) >= 11 is 7.05. The van der Waals surface area contributed by atoms with Crippen LogP contribution in [0.5, 0.6) is 0 Å². The highest BCUT2D eigenvalue weighted by atomic mass is 35.5. The molecule has 1 saturated heterocycles. The SMILES string of the molecule is Cc1ccc(C)c(NCN2C(=O)S/C(=C/c3ccccc3Cl)C2=O)c1. The first kappa shape index (κ1) is 17.6. The molecule has 2 aromatic carbocycles. The van der Waals surface area contributed by atoms with Crippen molar-refractivity contribution in [3.8, 4) is 0 Å². The number of carbonyl (C=O) groups excluding carboxylic acids is 2. The molecule has 0 radical (unpaired) electrons. The minimum atomic E-state index is -0.312. The molecule has 25 heavy (non-hydrogen) atoms. The maximum Gasteiger partial charge on any atom is 0.295 e. The van der Waals surface area contributed by atoms with Gasteiger partial charge in [0.05, 0.1) is 11.6 Å². The molecule has 0 saturated carbocycles. The van der Waals surface area contributed by atoms with Crippen LogP contribution in [0, 0.1) is 13.8 Å². The zero-order valence-corrected chi connectivity index (χ0v) is 15.4. The summed E-state index contributed by atoms with van der Waals surface area (Å²) in [4.78, 5) is 26.3. The lowest BCUT2D eigenvalue weighted by Crippen LogP contribution is -2.33. The van der Waals surface area contributed by atoms with E-state index in [9.17, 15) is 9.59 Å². The quantitative estimate of drug-likeness (QED) is 0.762. The van der Waals surface area contributed by atoms with Gasteiger partial charge in [0.2, 0.25) is 0 Å². The molecule has 0 spiro atoms. The van der Waals surface area contributed by atoms with E-state index in [0.717, 1.165) is 34.1 Å². The van der Waals surface area contributed by atoms with Gasteiger partial charge in [-0.15, -0.1) is 0 Å². The van der Waals surface area contributed by atoms with E-state index in [1.54, 1.807) is 12.1 Å². The molecule has 3 rings (SSSR count). The first-order chi connectivity index (χ1) is 12.0. The molecular formula is C19H17ClN2O2S. The monoisotopic (exact) mass is 372 g/mol. The van der Waals surface area contributed by atoms with Gasteiger partial charge in [-0.25, -0.2) is 0 Å². The van der Waals surface area contributed by atoms with Gasteiger partial charge in [-0.1, -0.05) is 41.9 Å². The highest BCUT2D eigenvalue weighted by molar-refractivity contribution is 8.18. The number of benzene rings is 2. The molecule has 1 fully saturated rings. The van der Waals surface area contributed by atoms with E-state index in [4.69, 9.17) is 11.6 Å². The Hall–Kier alpha value is -2.24. The normalized spacial score (nSPS) is 16.0. The maximum atomic E-state index is 12.5. The molecule has 0 atom stereocenters. The van der Waals surface area contributed by atoms with Crippen molar-refractivity contribution in [1.29, 1.82) is 0 Å². The second kappa shape index (κ2) is 7.33. The Morgan fingerprint density at radius 1 is 1.16 bits per heavy atom. The van der Waals surface area contributed by atoms with Gasteiger partial charge in [-0.3, -0.25) is 14.5 Å². The summed E-state index contributed by atoms with van der Waals surface area (Å²) in [5, 5.41) is 3.42. The molecule has 2 aromatic rings. The standard InChI is InChI=1S/C19H17ClN2O2S/c1-12-7-8-13(2)16(9-12)21-11-22-18(23)17(25-19(22)24)10-14-5-3-4-6-15(14)20/h3-10,21H,11H2,1-2H3/b17-10+. The van der Waals surface area contributed by atoms with Gasteiger partial charge < -0.3 is 5.32 Å². The third-order valence-corrected chi connectivity index (χ3v) is 5.14. The average molecular weight is 373 g/mol. The molecule has 0 unspecified atom stereocenters. The number of aryl methyl sites for hydroxylation is 2. The molecule has 128 valence electrons. The van der Waals surface area contributed by atoms with Gasteiger partial charge in [0.1, 0.15) is 0 Å².